The number of likely N-dealkylation sites (N-methyl/N-ethyl adjacent to an activating group) is 2. The van der Waals surface area contributed by atoms with Gasteiger partial charge in [0.25, 0.3) is 11.8 Å². The second-order valence-corrected chi connectivity index (χ2v) is 18.5. The number of hydrogen-bond donors (Lipinski definition) is 3. The van der Waals surface area contributed by atoms with E-state index in [9.17, 15) is 48.3 Å². The smallest absolute Gasteiger partial charge is 0.333 e. The van der Waals surface area contributed by atoms with E-state index in [0.717, 1.165) is 5.56 Å². The largest absolute Gasteiger partial charge is 0.480 e. The van der Waals surface area contributed by atoms with Crippen LogP contribution in [0.4, 0.5) is 0 Å². The lowest BCUT2D eigenvalue weighted by Crippen LogP contribution is -2.60. The molecule has 0 aliphatic carbocycles. The molecule has 0 saturated carbocycles. The molecule has 3 N–H and O–H groups in total. The number of hydroxylamine groups is 2. The molecule has 374 valence electrons. The van der Waals surface area contributed by atoms with Crippen molar-refractivity contribution in [2.75, 3.05) is 34.9 Å². The van der Waals surface area contributed by atoms with Crippen LogP contribution in [0.2, 0.25) is 0 Å². The van der Waals surface area contributed by atoms with E-state index in [4.69, 9.17) is 14.3 Å². The molecule has 2 heterocycles. The third kappa shape index (κ3) is 15.0. The quantitative estimate of drug-likeness (QED) is 0.113. The van der Waals surface area contributed by atoms with Gasteiger partial charge in [0.15, 0.2) is 0 Å². The average Bonchev–Trinajstić information content (AvgIpc) is 3.90. The number of carbonyl (C=O) groups excluding carboxylic acids is 8. The van der Waals surface area contributed by atoms with Crippen molar-refractivity contribution >= 4 is 53.3 Å². The van der Waals surface area contributed by atoms with E-state index < -0.39 is 102 Å². The Hall–Kier alpha value is -5.43. The standard InChI is InChI=1S/C48H74N6O13/c1-12-30(6)43(35(65-10)27-39(58)53-25-17-20-34(53)44(66-11)31(7)45(60)49-33(48(63)64)26-32-18-14-13-15-19-32)52(9)47(62)41(28(2)3)50-46(61)42(29(4)5)51(8)36(55)21-16-22-40(59)67-54-37(56)23-24-38(54)57/h13-15,18-19,28-31,33-35,41-44H,12,16-17,20-27H2,1-11H3,(H,49,60)(H,50,61)(H,63,64). The van der Waals surface area contributed by atoms with Crippen molar-refractivity contribution in [1.82, 2.24) is 30.4 Å². The van der Waals surface area contributed by atoms with E-state index in [0.29, 0.717) is 30.9 Å². The third-order valence-corrected chi connectivity index (χ3v) is 13.1. The molecular weight excluding hydrogens is 869 g/mol. The molecule has 1 aromatic rings. The number of amides is 7. The Balaban J connectivity index is 1.72. The summed E-state index contributed by atoms with van der Waals surface area (Å²) in [4.78, 5) is 127. The highest BCUT2D eigenvalue weighted by atomic mass is 16.7. The molecule has 1 aromatic carbocycles. The maximum Gasteiger partial charge on any atom is 0.333 e. The van der Waals surface area contributed by atoms with Crippen molar-refractivity contribution in [3.63, 3.8) is 0 Å². The number of carboxylic acid groups (broad SMARTS) is 1. The number of ether oxygens (including phenoxy) is 2. The lowest BCUT2D eigenvalue weighted by Gasteiger charge is -2.41. The fourth-order valence-corrected chi connectivity index (χ4v) is 9.08. The molecule has 7 amide bonds. The van der Waals surface area contributed by atoms with Crippen LogP contribution in [-0.2, 0) is 63.9 Å². The maximum absolute atomic E-state index is 14.5. The summed E-state index contributed by atoms with van der Waals surface area (Å²) in [6, 6.07) is 4.68. The Morgan fingerprint density at radius 3 is 2.00 bits per heavy atom. The van der Waals surface area contributed by atoms with E-state index >= 15 is 0 Å². The molecule has 2 aliphatic heterocycles. The fourth-order valence-electron chi connectivity index (χ4n) is 9.08. The Kier molecular flexibility index (Phi) is 21.9. The molecule has 3 rings (SSSR count). The lowest BCUT2D eigenvalue weighted by molar-refractivity contribution is -0.197. The van der Waals surface area contributed by atoms with Crippen LogP contribution in [0, 0.1) is 23.7 Å². The van der Waals surface area contributed by atoms with Crippen LogP contribution in [0.1, 0.15) is 112 Å². The number of carbonyl (C=O) groups is 9. The number of hydrogen-bond acceptors (Lipinski definition) is 12. The van der Waals surface area contributed by atoms with Gasteiger partial charge >= 0.3 is 11.9 Å². The molecule has 0 radical (unpaired) electrons. The highest BCUT2D eigenvalue weighted by molar-refractivity contribution is 6.01. The number of likely N-dealkylation sites (tertiary alicyclic amines) is 1. The van der Waals surface area contributed by atoms with Crippen molar-refractivity contribution in [1.29, 1.82) is 0 Å². The molecule has 0 aromatic heterocycles. The zero-order valence-corrected chi connectivity index (χ0v) is 41.2. The van der Waals surface area contributed by atoms with Crippen LogP contribution in [-0.4, -0.2) is 155 Å². The highest BCUT2D eigenvalue weighted by Gasteiger charge is 2.44. The van der Waals surface area contributed by atoms with Gasteiger partial charge < -0.3 is 44.8 Å². The average molecular weight is 943 g/mol. The summed E-state index contributed by atoms with van der Waals surface area (Å²) in [6.07, 6.45) is -0.155. The monoisotopic (exact) mass is 943 g/mol. The van der Waals surface area contributed by atoms with Gasteiger partial charge in [-0.05, 0) is 42.6 Å². The first-order valence-corrected chi connectivity index (χ1v) is 23.4. The van der Waals surface area contributed by atoms with Crippen molar-refractivity contribution in [3.8, 4) is 0 Å². The Bertz CT molecular complexity index is 1880. The van der Waals surface area contributed by atoms with Crippen LogP contribution in [0.3, 0.4) is 0 Å². The second-order valence-electron chi connectivity index (χ2n) is 18.5. The number of nitrogens with zero attached hydrogens (tertiary/aromatic N) is 4. The van der Waals surface area contributed by atoms with E-state index in [1.54, 1.807) is 70.8 Å². The molecule has 0 bridgehead atoms. The maximum atomic E-state index is 14.5. The van der Waals surface area contributed by atoms with Crippen molar-refractivity contribution < 1.29 is 62.6 Å². The number of nitrogens with one attached hydrogen (secondary N) is 2. The number of benzene rings is 1. The highest BCUT2D eigenvalue weighted by Crippen LogP contribution is 2.30. The first-order chi connectivity index (χ1) is 31.6. The number of rotatable bonds is 26. The van der Waals surface area contributed by atoms with E-state index in [1.165, 1.54) is 31.1 Å². The first kappa shape index (κ1) is 55.9. The Morgan fingerprint density at radius 1 is 0.836 bits per heavy atom. The predicted molar refractivity (Wildman–Crippen MR) is 245 cm³/mol. The van der Waals surface area contributed by atoms with Crippen molar-refractivity contribution in [3.05, 3.63) is 35.9 Å². The third-order valence-electron chi connectivity index (χ3n) is 13.1. The van der Waals surface area contributed by atoms with Gasteiger partial charge in [0.1, 0.15) is 18.1 Å². The molecule has 9 unspecified atom stereocenters. The normalized spacial score (nSPS) is 18.7. The van der Waals surface area contributed by atoms with Gasteiger partial charge in [0, 0.05) is 67.0 Å². The summed E-state index contributed by atoms with van der Waals surface area (Å²) in [6.45, 7) is 13.1. The summed E-state index contributed by atoms with van der Waals surface area (Å²) < 4.78 is 11.9. The minimum Gasteiger partial charge on any atom is -0.480 e. The lowest BCUT2D eigenvalue weighted by atomic mass is 9.89. The Morgan fingerprint density at radius 2 is 1.46 bits per heavy atom. The topological polar surface area (TPSA) is 239 Å². The molecule has 19 heteroatoms. The van der Waals surface area contributed by atoms with Gasteiger partial charge in [-0.3, -0.25) is 33.6 Å². The molecule has 9 atom stereocenters. The molecule has 2 fully saturated rings. The zero-order valence-electron chi connectivity index (χ0n) is 41.2. The molecular formula is C48H74N6O13. The van der Waals surface area contributed by atoms with Crippen molar-refractivity contribution in [2.24, 2.45) is 23.7 Å². The minimum absolute atomic E-state index is 0.0366. The minimum atomic E-state index is -1.17. The predicted octanol–water partition coefficient (Wildman–Crippen LogP) is 3.12. The summed E-state index contributed by atoms with van der Waals surface area (Å²) >= 11 is 0. The summed E-state index contributed by atoms with van der Waals surface area (Å²) in [5.41, 5.74) is 0.753. The van der Waals surface area contributed by atoms with Crippen LogP contribution < -0.4 is 10.6 Å². The molecule has 19 nitrogen and oxygen atoms in total. The van der Waals surface area contributed by atoms with E-state index in [2.05, 4.69) is 10.6 Å². The molecule has 2 aliphatic rings. The number of imide groups is 1. The van der Waals surface area contributed by atoms with Crippen LogP contribution in [0.5, 0.6) is 0 Å². The SMILES string of the molecule is CCC(C)C(C(CC(=O)N1CCCC1C(OC)C(C)C(=O)NC(Cc1ccccc1)C(=O)O)OC)N(C)C(=O)C(NC(=O)C(C(C)C)N(C)C(=O)CCCC(=O)ON1C(=O)CCC1=O)C(C)C. The zero-order chi connectivity index (χ0) is 50.3. The molecule has 2 saturated heterocycles. The van der Waals surface area contributed by atoms with Gasteiger partial charge in [-0.25, -0.2) is 9.59 Å². The summed E-state index contributed by atoms with van der Waals surface area (Å²) in [5.74, 6) is -7.18. The first-order valence-electron chi connectivity index (χ1n) is 23.4. The van der Waals surface area contributed by atoms with Gasteiger partial charge in [0.05, 0.1) is 36.6 Å². The summed E-state index contributed by atoms with van der Waals surface area (Å²) in [7, 11) is 6.03. The summed E-state index contributed by atoms with van der Waals surface area (Å²) in [5, 5.41) is 15.9. The van der Waals surface area contributed by atoms with E-state index in [1.807, 2.05) is 19.9 Å². The van der Waals surface area contributed by atoms with Gasteiger partial charge in [0.2, 0.25) is 29.5 Å². The second kappa shape index (κ2) is 26.2. The number of aliphatic carboxylic acids is 1. The molecule has 0 spiro atoms. The van der Waals surface area contributed by atoms with Crippen LogP contribution in [0.25, 0.3) is 0 Å². The van der Waals surface area contributed by atoms with Gasteiger partial charge in [-0.2, -0.15) is 0 Å². The molecule has 67 heavy (non-hydrogen) atoms. The number of carboxylic acids is 1. The van der Waals surface area contributed by atoms with Crippen LogP contribution >= 0.6 is 0 Å². The van der Waals surface area contributed by atoms with E-state index in [-0.39, 0.29) is 62.7 Å². The fraction of sp³-hybridized carbons (Fsp3) is 0.688. The Labute approximate surface area is 394 Å². The van der Waals surface area contributed by atoms with Crippen LogP contribution in [0.15, 0.2) is 30.3 Å². The number of methoxy groups -OCH3 is 2. The van der Waals surface area contributed by atoms with Crippen molar-refractivity contribution in [2.45, 2.75) is 155 Å². The van der Waals surface area contributed by atoms with Gasteiger partial charge in [-0.15, -0.1) is 5.06 Å². The van der Waals surface area contributed by atoms with Gasteiger partial charge in [-0.1, -0.05) is 85.2 Å².